The number of primary amides is 1. The van der Waals surface area contributed by atoms with Gasteiger partial charge in [0.1, 0.15) is 5.60 Å². The maximum atomic E-state index is 11.1. The first-order valence-corrected chi connectivity index (χ1v) is 11.1. The molecule has 0 heterocycles. The van der Waals surface area contributed by atoms with E-state index in [1.54, 1.807) is 0 Å². The van der Waals surface area contributed by atoms with Gasteiger partial charge in [0.2, 0.25) is 0 Å². The number of hydrogen-bond acceptors (Lipinski definition) is 4. The van der Waals surface area contributed by atoms with Crippen LogP contribution in [-0.4, -0.2) is 31.0 Å². The second kappa shape index (κ2) is 12.2. The average molecular weight is 406 g/mol. The van der Waals surface area contributed by atoms with Crippen LogP contribution in [0.5, 0.6) is 0 Å². The highest BCUT2D eigenvalue weighted by Gasteiger charge is 2.32. The average Bonchev–Trinajstić information content (AvgIpc) is 2.68. The summed E-state index contributed by atoms with van der Waals surface area (Å²) < 4.78 is 17.1. The molecule has 1 aromatic rings. The monoisotopic (exact) mass is 405 g/mol. The van der Waals surface area contributed by atoms with Crippen molar-refractivity contribution in [2.45, 2.75) is 84.0 Å². The van der Waals surface area contributed by atoms with Gasteiger partial charge in [-0.3, -0.25) is 0 Å². The van der Waals surface area contributed by atoms with Crippen molar-refractivity contribution in [2.24, 2.45) is 17.6 Å². The summed E-state index contributed by atoms with van der Waals surface area (Å²) in [4.78, 5) is 11.1. The Labute approximate surface area is 176 Å². The number of hydrogen-bond donors (Lipinski definition) is 1. The fourth-order valence-corrected chi connectivity index (χ4v) is 4.00. The van der Waals surface area contributed by atoms with E-state index in [0.29, 0.717) is 18.6 Å². The van der Waals surface area contributed by atoms with Crippen molar-refractivity contribution < 1.29 is 19.0 Å². The third-order valence-electron chi connectivity index (χ3n) is 6.18. The predicted octanol–water partition coefficient (Wildman–Crippen LogP) is 5.46. The van der Waals surface area contributed by atoms with Gasteiger partial charge >= 0.3 is 6.09 Å². The predicted molar refractivity (Wildman–Crippen MR) is 116 cm³/mol. The van der Waals surface area contributed by atoms with Crippen LogP contribution in [0.15, 0.2) is 30.3 Å². The van der Waals surface area contributed by atoms with Crippen molar-refractivity contribution in [1.29, 1.82) is 0 Å². The van der Waals surface area contributed by atoms with E-state index in [0.717, 1.165) is 45.3 Å². The van der Waals surface area contributed by atoms with E-state index in [-0.39, 0.29) is 5.92 Å². The van der Waals surface area contributed by atoms with Crippen LogP contribution in [0.2, 0.25) is 0 Å². The molecule has 0 radical (unpaired) electrons. The Morgan fingerprint density at radius 1 is 1.10 bits per heavy atom. The van der Waals surface area contributed by atoms with Crippen LogP contribution in [0.25, 0.3) is 0 Å². The second-order valence-corrected chi connectivity index (χ2v) is 8.92. The highest BCUT2D eigenvalue weighted by molar-refractivity contribution is 5.65. The molecule has 1 amide bonds. The number of ether oxygens (including phenoxy) is 3. The summed E-state index contributed by atoms with van der Waals surface area (Å²) in [7, 11) is 0. The summed E-state index contributed by atoms with van der Waals surface area (Å²) >= 11 is 0. The third-order valence-corrected chi connectivity index (χ3v) is 6.18. The van der Waals surface area contributed by atoms with Crippen LogP contribution >= 0.6 is 0 Å². The van der Waals surface area contributed by atoms with E-state index >= 15 is 0 Å². The zero-order valence-electron chi connectivity index (χ0n) is 18.4. The number of unbranched alkanes of at least 4 members (excludes halogenated alkanes) is 1. The van der Waals surface area contributed by atoms with E-state index in [1.165, 1.54) is 18.4 Å². The first kappa shape index (κ1) is 23.7. The van der Waals surface area contributed by atoms with Gasteiger partial charge in [0, 0.05) is 13.2 Å². The number of nitrogens with two attached hydrogens (primary N) is 1. The highest BCUT2D eigenvalue weighted by Crippen LogP contribution is 2.35. The minimum Gasteiger partial charge on any atom is -0.443 e. The van der Waals surface area contributed by atoms with Gasteiger partial charge in [-0.2, -0.15) is 0 Å². The summed E-state index contributed by atoms with van der Waals surface area (Å²) in [6.45, 7) is 8.32. The summed E-state index contributed by atoms with van der Waals surface area (Å²) in [5, 5.41) is 0. The number of carbonyl (C=O) groups excluding carboxylic acids is 1. The highest BCUT2D eigenvalue weighted by atomic mass is 16.6. The topological polar surface area (TPSA) is 70.8 Å². The Morgan fingerprint density at radius 2 is 1.76 bits per heavy atom. The van der Waals surface area contributed by atoms with Crippen molar-refractivity contribution in [3.63, 3.8) is 0 Å². The van der Waals surface area contributed by atoms with Crippen LogP contribution in [0.4, 0.5) is 4.79 Å². The minimum absolute atomic E-state index is 0.286. The molecular formula is C24H39NO4. The lowest BCUT2D eigenvalue weighted by atomic mass is 9.77. The van der Waals surface area contributed by atoms with Crippen molar-refractivity contribution in [2.75, 3.05) is 13.2 Å². The molecule has 0 bridgehead atoms. The molecule has 0 aromatic heterocycles. The molecule has 5 nitrogen and oxygen atoms in total. The number of carbonyl (C=O) groups is 1. The molecule has 1 aliphatic rings. The van der Waals surface area contributed by atoms with Crippen LogP contribution in [-0.2, 0) is 20.8 Å². The van der Waals surface area contributed by atoms with Crippen LogP contribution in [0, 0.1) is 11.8 Å². The van der Waals surface area contributed by atoms with Gasteiger partial charge in [-0.1, -0.05) is 37.3 Å². The zero-order chi connectivity index (χ0) is 21.1. The molecule has 29 heavy (non-hydrogen) atoms. The van der Waals surface area contributed by atoms with Gasteiger partial charge in [-0.25, -0.2) is 4.79 Å². The van der Waals surface area contributed by atoms with E-state index in [4.69, 9.17) is 19.9 Å². The summed E-state index contributed by atoms with van der Waals surface area (Å²) in [5.41, 5.74) is 5.90. The number of rotatable bonds is 12. The van der Waals surface area contributed by atoms with Gasteiger partial charge in [0.05, 0.1) is 12.7 Å². The van der Waals surface area contributed by atoms with Crippen LogP contribution < -0.4 is 5.73 Å². The molecule has 2 N–H and O–H groups in total. The molecule has 0 saturated heterocycles. The van der Waals surface area contributed by atoms with E-state index < -0.39 is 11.7 Å². The maximum absolute atomic E-state index is 11.1. The molecule has 1 atom stereocenters. The molecule has 1 aromatic carbocycles. The summed E-state index contributed by atoms with van der Waals surface area (Å²) in [5.74, 6) is 0.959. The summed E-state index contributed by atoms with van der Waals surface area (Å²) in [6, 6.07) is 10.3. The lowest BCUT2D eigenvalue weighted by Crippen LogP contribution is -2.38. The van der Waals surface area contributed by atoms with Gasteiger partial charge in [0.25, 0.3) is 0 Å². The number of amides is 1. The molecule has 164 valence electrons. The Kier molecular flexibility index (Phi) is 9.95. The maximum Gasteiger partial charge on any atom is 0.405 e. The molecule has 1 saturated carbocycles. The van der Waals surface area contributed by atoms with Gasteiger partial charge in [0.15, 0.2) is 0 Å². The lowest BCUT2D eigenvalue weighted by Gasteiger charge is -2.35. The molecule has 5 heteroatoms. The third kappa shape index (κ3) is 9.18. The molecule has 0 aliphatic heterocycles. The Balaban J connectivity index is 1.51. The molecule has 2 rings (SSSR count). The molecule has 0 spiro atoms. The zero-order valence-corrected chi connectivity index (χ0v) is 18.4. The van der Waals surface area contributed by atoms with Crippen molar-refractivity contribution in [3.05, 3.63) is 35.9 Å². The summed E-state index contributed by atoms with van der Waals surface area (Å²) in [6.07, 6.45) is 7.46. The molecule has 1 fully saturated rings. The van der Waals surface area contributed by atoms with Gasteiger partial charge < -0.3 is 19.9 Å². The molecule has 1 aliphatic carbocycles. The molecular weight excluding hydrogens is 366 g/mol. The van der Waals surface area contributed by atoms with Gasteiger partial charge in [-0.05, 0) is 76.2 Å². The van der Waals surface area contributed by atoms with E-state index in [2.05, 4.69) is 19.1 Å². The minimum atomic E-state index is -0.690. The van der Waals surface area contributed by atoms with Gasteiger partial charge in [-0.15, -0.1) is 0 Å². The lowest BCUT2D eigenvalue weighted by molar-refractivity contribution is -0.0158. The quantitative estimate of drug-likeness (QED) is 0.469. The van der Waals surface area contributed by atoms with Crippen molar-refractivity contribution in [3.8, 4) is 0 Å². The van der Waals surface area contributed by atoms with E-state index in [1.807, 2.05) is 32.0 Å². The Morgan fingerprint density at radius 3 is 2.41 bits per heavy atom. The SMILES string of the molecule is CC(CC1CCC(OCCCCOCc2ccccc2)CC1)C(C)(C)OC(N)=O. The first-order valence-electron chi connectivity index (χ1n) is 11.1. The van der Waals surface area contributed by atoms with E-state index in [9.17, 15) is 4.79 Å². The first-order chi connectivity index (χ1) is 13.9. The van der Waals surface area contributed by atoms with Crippen molar-refractivity contribution >= 4 is 6.09 Å². The Hall–Kier alpha value is -1.59. The normalized spacial score (nSPS) is 20.9. The largest absolute Gasteiger partial charge is 0.443 e. The van der Waals surface area contributed by atoms with Crippen LogP contribution in [0.1, 0.15) is 71.3 Å². The Bertz CT molecular complexity index is 582. The van der Waals surface area contributed by atoms with Crippen LogP contribution in [0.3, 0.4) is 0 Å². The fourth-order valence-electron chi connectivity index (χ4n) is 4.00. The number of benzene rings is 1. The standard InChI is InChI=1S/C24H39NO4/c1-19(24(2,3)29-23(25)26)17-20-11-13-22(14-12-20)28-16-8-7-15-27-18-21-9-5-4-6-10-21/h4-6,9-10,19-20,22H,7-8,11-18H2,1-3H3,(H2,25,26). The second-order valence-electron chi connectivity index (χ2n) is 8.92. The smallest absolute Gasteiger partial charge is 0.405 e. The molecule has 1 unspecified atom stereocenters. The fraction of sp³-hybridized carbons (Fsp3) is 0.708. The van der Waals surface area contributed by atoms with Crippen molar-refractivity contribution in [1.82, 2.24) is 0 Å².